The molecule has 0 amide bonds. The van der Waals surface area contributed by atoms with Gasteiger partial charge in [-0.25, -0.2) is 9.48 Å². The summed E-state index contributed by atoms with van der Waals surface area (Å²) >= 11 is 0. The molecule has 1 aromatic rings. The number of ether oxygens (including phenoxy) is 1. The monoisotopic (exact) mass is 334 g/mol. The van der Waals surface area contributed by atoms with Gasteiger partial charge in [0, 0.05) is 12.5 Å². The maximum Gasteiger partial charge on any atom is 0.418 e. The van der Waals surface area contributed by atoms with Crippen LogP contribution >= 0.6 is 0 Å². The Morgan fingerprint density at radius 2 is 2.04 bits per heavy atom. The number of hydrogen-bond donors (Lipinski definition) is 0. The topological polar surface area (TPSA) is 78.3 Å². The molecule has 0 radical (unpaired) electrons. The van der Waals surface area contributed by atoms with Crippen molar-refractivity contribution in [2.24, 2.45) is 5.92 Å². The van der Waals surface area contributed by atoms with Crippen molar-refractivity contribution in [1.29, 1.82) is 0 Å². The highest BCUT2D eigenvalue weighted by Gasteiger charge is 2.36. The van der Waals surface area contributed by atoms with Crippen LogP contribution in [0.1, 0.15) is 37.6 Å². The number of alkyl halides is 3. The molecule has 0 N–H and O–H groups in total. The van der Waals surface area contributed by atoms with Gasteiger partial charge in [0.2, 0.25) is 0 Å². The van der Waals surface area contributed by atoms with Gasteiger partial charge in [0.25, 0.3) is 5.56 Å². The molecular formula is C14H17F3N2O4. The van der Waals surface area contributed by atoms with Gasteiger partial charge in [-0.2, -0.15) is 18.3 Å². The standard InChI is InChI=1S/C14H17F3N2O4/c1-8(2)6-11(13(22)23-3)19-12(21)7-9(14(15,16)17)10(18-19)4-5-20/h5,7-8,11H,4,6H2,1-3H3. The van der Waals surface area contributed by atoms with Crippen LogP contribution in [-0.2, 0) is 26.9 Å². The molecule has 9 heteroatoms. The summed E-state index contributed by atoms with van der Waals surface area (Å²) in [5.41, 5.74) is -2.97. The number of aldehydes is 1. The summed E-state index contributed by atoms with van der Waals surface area (Å²) in [5, 5.41) is 3.60. The predicted molar refractivity (Wildman–Crippen MR) is 73.8 cm³/mol. The van der Waals surface area contributed by atoms with Gasteiger partial charge in [0.1, 0.15) is 6.29 Å². The third-order valence-electron chi connectivity index (χ3n) is 3.08. The van der Waals surface area contributed by atoms with Crippen molar-refractivity contribution in [2.45, 2.75) is 38.9 Å². The highest BCUT2D eigenvalue weighted by Crippen LogP contribution is 2.30. The van der Waals surface area contributed by atoms with Crippen LogP contribution in [0, 0.1) is 5.92 Å². The molecule has 0 saturated heterocycles. The zero-order chi connectivity index (χ0) is 17.8. The number of esters is 1. The Morgan fingerprint density at radius 3 is 2.48 bits per heavy atom. The maximum absolute atomic E-state index is 12.9. The van der Waals surface area contributed by atoms with Crippen LogP contribution in [0.5, 0.6) is 0 Å². The quantitative estimate of drug-likeness (QED) is 0.585. The Balaban J connectivity index is 3.51. The van der Waals surface area contributed by atoms with Crippen molar-refractivity contribution >= 4 is 12.3 Å². The molecule has 6 nitrogen and oxygen atoms in total. The lowest BCUT2D eigenvalue weighted by atomic mass is 10.0. The number of rotatable bonds is 6. The van der Waals surface area contributed by atoms with Crippen LogP contribution in [-0.4, -0.2) is 29.1 Å². The van der Waals surface area contributed by atoms with E-state index in [2.05, 4.69) is 9.84 Å². The first kappa shape index (κ1) is 18.9. The van der Waals surface area contributed by atoms with E-state index in [1.54, 1.807) is 13.8 Å². The smallest absolute Gasteiger partial charge is 0.418 e. The van der Waals surface area contributed by atoms with Gasteiger partial charge in [-0.3, -0.25) is 4.79 Å². The summed E-state index contributed by atoms with van der Waals surface area (Å²) in [6, 6.07) is -0.803. The Morgan fingerprint density at radius 1 is 1.43 bits per heavy atom. The van der Waals surface area contributed by atoms with Gasteiger partial charge in [-0.15, -0.1) is 0 Å². The van der Waals surface area contributed by atoms with Crippen molar-refractivity contribution in [1.82, 2.24) is 9.78 Å². The summed E-state index contributed by atoms with van der Waals surface area (Å²) in [6.07, 6.45) is -5.03. The Bertz CT molecular complexity index is 638. The fourth-order valence-corrected chi connectivity index (χ4v) is 2.08. The maximum atomic E-state index is 12.9. The van der Waals surface area contributed by atoms with E-state index in [4.69, 9.17) is 0 Å². The van der Waals surface area contributed by atoms with Gasteiger partial charge in [-0.05, 0) is 12.3 Å². The molecule has 0 aromatic carbocycles. The largest absolute Gasteiger partial charge is 0.467 e. The number of carbonyl (C=O) groups is 2. The van der Waals surface area contributed by atoms with Gasteiger partial charge >= 0.3 is 12.1 Å². The van der Waals surface area contributed by atoms with E-state index in [0.29, 0.717) is 10.7 Å². The second kappa shape index (κ2) is 7.38. The fraction of sp³-hybridized carbons (Fsp3) is 0.571. The molecule has 1 rings (SSSR count). The molecule has 0 aliphatic carbocycles. The van der Waals surface area contributed by atoms with Crippen LogP contribution in [0.25, 0.3) is 0 Å². The van der Waals surface area contributed by atoms with Gasteiger partial charge in [0.05, 0.1) is 18.4 Å². The summed E-state index contributed by atoms with van der Waals surface area (Å²) < 4.78 is 44.0. The highest BCUT2D eigenvalue weighted by molar-refractivity contribution is 5.73. The van der Waals surface area contributed by atoms with E-state index in [1.807, 2.05) is 0 Å². The summed E-state index contributed by atoms with van der Waals surface area (Å²) in [7, 11) is 1.11. The van der Waals surface area contributed by atoms with E-state index in [9.17, 15) is 27.6 Å². The van der Waals surface area contributed by atoms with Crippen molar-refractivity contribution in [3.63, 3.8) is 0 Å². The van der Waals surface area contributed by atoms with Crippen LogP contribution in [0.15, 0.2) is 10.9 Å². The fourth-order valence-electron chi connectivity index (χ4n) is 2.08. The van der Waals surface area contributed by atoms with E-state index in [-0.39, 0.29) is 18.6 Å². The number of halogens is 3. The molecule has 128 valence electrons. The highest BCUT2D eigenvalue weighted by atomic mass is 19.4. The first-order valence-electron chi connectivity index (χ1n) is 6.83. The van der Waals surface area contributed by atoms with Crippen LogP contribution < -0.4 is 5.56 Å². The average molecular weight is 334 g/mol. The van der Waals surface area contributed by atoms with Crippen LogP contribution in [0.3, 0.4) is 0 Å². The third kappa shape index (κ3) is 4.64. The molecule has 1 aromatic heterocycles. The summed E-state index contributed by atoms with van der Waals surface area (Å²) in [5.74, 6) is -0.824. The number of carbonyl (C=O) groups excluding carboxylic acids is 2. The van der Waals surface area contributed by atoms with Crippen molar-refractivity contribution in [3.8, 4) is 0 Å². The normalized spacial score (nSPS) is 13.0. The molecule has 23 heavy (non-hydrogen) atoms. The lowest BCUT2D eigenvalue weighted by molar-refractivity contribution is -0.145. The molecule has 1 atom stereocenters. The number of aromatic nitrogens is 2. The zero-order valence-corrected chi connectivity index (χ0v) is 12.9. The zero-order valence-electron chi connectivity index (χ0n) is 12.9. The Hall–Kier alpha value is -2.19. The van der Waals surface area contributed by atoms with Gasteiger partial charge < -0.3 is 9.53 Å². The van der Waals surface area contributed by atoms with Crippen LogP contribution in [0.4, 0.5) is 13.2 Å². The molecule has 0 spiro atoms. The first-order chi connectivity index (χ1) is 10.6. The first-order valence-corrected chi connectivity index (χ1v) is 6.83. The molecule has 1 heterocycles. The second-order valence-electron chi connectivity index (χ2n) is 5.32. The minimum Gasteiger partial charge on any atom is -0.467 e. The molecule has 0 aliphatic rings. The predicted octanol–water partition coefficient (Wildman–Crippen LogP) is 1.76. The SMILES string of the molecule is COC(=O)C(CC(C)C)n1nc(CC=O)c(C(F)(F)F)cc1=O. The Labute approximate surface area is 130 Å². The van der Waals surface area contributed by atoms with E-state index < -0.39 is 41.4 Å². The number of nitrogens with zero attached hydrogens (tertiary/aromatic N) is 2. The van der Waals surface area contributed by atoms with Gasteiger partial charge in [-0.1, -0.05) is 13.8 Å². The molecule has 1 unspecified atom stereocenters. The van der Waals surface area contributed by atoms with Crippen molar-refractivity contribution in [3.05, 3.63) is 27.7 Å². The van der Waals surface area contributed by atoms with Gasteiger partial charge in [0.15, 0.2) is 6.04 Å². The molecule has 0 fully saturated rings. The Kier molecular flexibility index (Phi) is 6.05. The summed E-state index contributed by atoms with van der Waals surface area (Å²) in [6.45, 7) is 3.55. The van der Waals surface area contributed by atoms with E-state index in [1.165, 1.54) is 0 Å². The number of hydrogen-bond acceptors (Lipinski definition) is 5. The minimum atomic E-state index is -4.82. The molecular weight excluding hydrogens is 317 g/mol. The lowest BCUT2D eigenvalue weighted by Gasteiger charge is -2.20. The molecule has 0 bridgehead atoms. The third-order valence-corrected chi connectivity index (χ3v) is 3.08. The lowest BCUT2D eigenvalue weighted by Crippen LogP contribution is -2.35. The molecule has 0 saturated carbocycles. The number of methoxy groups -OCH3 is 1. The second-order valence-corrected chi connectivity index (χ2v) is 5.32. The molecule has 0 aliphatic heterocycles. The minimum absolute atomic E-state index is 0.0374. The summed E-state index contributed by atoms with van der Waals surface area (Å²) in [4.78, 5) is 34.4. The van der Waals surface area contributed by atoms with Crippen LogP contribution in [0.2, 0.25) is 0 Å². The average Bonchev–Trinajstić information content (AvgIpc) is 2.44. The van der Waals surface area contributed by atoms with E-state index in [0.717, 1.165) is 7.11 Å². The van der Waals surface area contributed by atoms with Crippen molar-refractivity contribution < 1.29 is 27.5 Å². The van der Waals surface area contributed by atoms with E-state index >= 15 is 0 Å². The van der Waals surface area contributed by atoms with Crippen molar-refractivity contribution in [2.75, 3.05) is 7.11 Å².